The molecule has 0 bridgehead atoms. The summed E-state index contributed by atoms with van der Waals surface area (Å²) in [5.74, 6) is 0. The van der Waals surface area contributed by atoms with E-state index in [1.54, 1.807) is 6.07 Å². The van der Waals surface area contributed by atoms with E-state index in [1.807, 2.05) is 19.2 Å². The van der Waals surface area contributed by atoms with E-state index in [4.69, 9.17) is 11.0 Å². The van der Waals surface area contributed by atoms with Crippen molar-refractivity contribution in [2.75, 3.05) is 24.2 Å². The highest BCUT2D eigenvalue weighted by atomic mass is 15.1. The van der Waals surface area contributed by atoms with Crippen molar-refractivity contribution in [3.05, 3.63) is 23.8 Å². The summed E-state index contributed by atoms with van der Waals surface area (Å²) >= 11 is 0. The molecule has 0 amide bonds. The molecule has 0 heterocycles. The molecule has 2 N–H and O–H groups in total. The first-order chi connectivity index (χ1) is 6.69. The van der Waals surface area contributed by atoms with Gasteiger partial charge in [-0.05, 0) is 24.6 Å². The molecule has 3 heteroatoms. The van der Waals surface area contributed by atoms with Crippen LogP contribution in [0.2, 0.25) is 0 Å². The summed E-state index contributed by atoms with van der Waals surface area (Å²) in [6.45, 7) is 3.10. The van der Waals surface area contributed by atoms with E-state index >= 15 is 0 Å². The van der Waals surface area contributed by atoms with Gasteiger partial charge in [0.05, 0.1) is 5.56 Å². The molecule has 0 atom stereocenters. The van der Waals surface area contributed by atoms with Gasteiger partial charge in [-0.1, -0.05) is 6.92 Å². The number of anilines is 2. The molecule has 0 aliphatic rings. The summed E-state index contributed by atoms with van der Waals surface area (Å²) in [5, 5.41) is 8.81. The topological polar surface area (TPSA) is 53.0 Å². The van der Waals surface area contributed by atoms with Crippen LogP contribution in [0, 0.1) is 11.3 Å². The molecule has 1 rings (SSSR count). The number of nitrogen functional groups attached to an aromatic ring is 1. The van der Waals surface area contributed by atoms with Crippen LogP contribution in [-0.4, -0.2) is 13.6 Å². The second-order valence-electron chi connectivity index (χ2n) is 3.30. The van der Waals surface area contributed by atoms with Crippen LogP contribution in [0.3, 0.4) is 0 Å². The van der Waals surface area contributed by atoms with Crippen LogP contribution in [-0.2, 0) is 0 Å². The highest BCUT2D eigenvalue weighted by Crippen LogP contribution is 2.19. The zero-order valence-electron chi connectivity index (χ0n) is 8.62. The smallest absolute Gasteiger partial charge is 0.101 e. The number of nitriles is 1. The van der Waals surface area contributed by atoms with Gasteiger partial charge in [-0.15, -0.1) is 0 Å². The van der Waals surface area contributed by atoms with E-state index in [-0.39, 0.29) is 0 Å². The monoisotopic (exact) mass is 189 g/mol. The summed E-state index contributed by atoms with van der Waals surface area (Å²) in [6.07, 6.45) is 1.09. The van der Waals surface area contributed by atoms with Gasteiger partial charge in [-0.25, -0.2) is 0 Å². The van der Waals surface area contributed by atoms with E-state index in [0.29, 0.717) is 11.3 Å². The zero-order valence-corrected chi connectivity index (χ0v) is 8.62. The molecule has 1 aromatic rings. The number of rotatable bonds is 3. The van der Waals surface area contributed by atoms with Crippen LogP contribution in [0.5, 0.6) is 0 Å². The molecule has 0 fully saturated rings. The van der Waals surface area contributed by atoms with Gasteiger partial charge in [-0.3, -0.25) is 0 Å². The molecular weight excluding hydrogens is 174 g/mol. The molecular formula is C11H15N3. The van der Waals surface area contributed by atoms with E-state index in [9.17, 15) is 0 Å². The average molecular weight is 189 g/mol. The number of nitrogens with two attached hydrogens (primary N) is 1. The Morgan fingerprint density at radius 3 is 2.79 bits per heavy atom. The zero-order chi connectivity index (χ0) is 10.6. The van der Waals surface area contributed by atoms with Crippen molar-refractivity contribution in [1.29, 1.82) is 5.26 Å². The molecule has 74 valence electrons. The molecule has 0 aromatic heterocycles. The minimum atomic E-state index is 0.543. The molecule has 0 saturated heterocycles. The van der Waals surface area contributed by atoms with Crippen LogP contribution in [0.4, 0.5) is 11.4 Å². The lowest BCUT2D eigenvalue weighted by Crippen LogP contribution is -2.17. The maximum atomic E-state index is 8.81. The molecule has 0 radical (unpaired) electrons. The molecule has 14 heavy (non-hydrogen) atoms. The average Bonchev–Trinajstić information content (AvgIpc) is 2.19. The van der Waals surface area contributed by atoms with Crippen LogP contribution in [0.1, 0.15) is 18.9 Å². The summed E-state index contributed by atoms with van der Waals surface area (Å²) < 4.78 is 0. The predicted molar refractivity (Wildman–Crippen MR) is 59.1 cm³/mol. The van der Waals surface area contributed by atoms with Crippen LogP contribution >= 0.6 is 0 Å². The standard InChI is InChI=1S/C11H15N3/c1-3-6-14(2)10-4-5-11(13)9(7-10)8-12/h4-5,7H,3,6,13H2,1-2H3. The first-order valence-electron chi connectivity index (χ1n) is 4.69. The van der Waals surface area contributed by atoms with Crippen LogP contribution < -0.4 is 10.6 Å². The van der Waals surface area contributed by atoms with Crippen molar-refractivity contribution in [3.8, 4) is 6.07 Å². The van der Waals surface area contributed by atoms with Crippen molar-refractivity contribution in [3.63, 3.8) is 0 Å². The van der Waals surface area contributed by atoms with E-state index in [2.05, 4.69) is 17.9 Å². The lowest BCUT2D eigenvalue weighted by atomic mass is 10.1. The number of hydrogen-bond acceptors (Lipinski definition) is 3. The number of hydrogen-bond donors (Lipinski definition) is 1. The third-order valence-electron chi connectivity index (χ3n) is 2.16. The van der Waals surface area contributed by atoms with Gasteiger partial charge in [0.1, 0.15) is 6.07 Å². The van der Waals surface area contributed by atoms with Gasteiger partial charge in [-0.2, -0.15) is 5.26 Å². The van der Waals surface area contributed by atoms with E-state index in [0.717, 1.165) is 18.7 Å². The normalized spacial score (nSPS) is 9.50. The molecule has 0 spiro atoms. The van der Waals surface area contributed by atoms with Crippen molar-refractivity contribution >= 4 is 11.4 Å². The Labute approximate surface area is 84.7 Å². The Morgan fingerprint density at radius 1 is 1.50 bits per heavy atom. The Hall–Kier alpha value is -1.69. The number of nitrogens with zero attached hydrogens (tertiary/aromatic N) is 2. The lowest BCUT2D eigenvalue weighted by Gasteiger charge is -2.18. The van der Waals surface area contributed by atoms with Gasteiger partial charge >= 0.3 is 0 Å². The second kappa shape index (κ2) is 4.52. The molecule has 3 nitrogen and oxygen atoms in total. The molecule has 0 saturated carbocycles. The molecule has 1 aromatic carbocycles. The van der Waals surface area contributed by atoms with Gasteiger partial charge < -0.3 is 10.6 Å². The van der Waals surface area contributed by atoms with Gasteiger partial charge in [0.2, 0.25) is 0 Å². The quantitative estimate of drug-likeness (QED) is 0.740. The first kappa shape index (κ1) is 10.4. The second-order valence-corrected chi connectivity index (χ2v) is 3.30. The van der Waals surface area contributed by atoms with E-state index in [1.165, 1.54) is 0 Å². The fourth-order valence-corrected chi connectivity index (χ4v) is 1.34. The highest BCUT2D eigenvalue weighted by molar-refractivity contribution is 5.62. The highest BCUT2D eigenvalue weighted by Gasteiger charge is 2.03. The Morgan fingerprint density at radius 2 is 2.21 bits per heavy atom. The Kier molecular flexibility index (Phi) is 3.35. The van der Waals surface area contributed by atoms with Crippen LogP contribution in [0.25, 0.3) is 0 Å². The third kappa shape index (κ3) is 2.17. The molecule has 0 unspecified atom stereocenters. The first-order valence-corrected chi connectivity index (χ1v) is 4.69. The SMILES string of the molecule is CCCN(C)c1ccc(N)c(C#N)c1. The lowest BCUT2D eigenvalue weighted by molar-refractivity contribution is 0.852. The Bertz CT molecular complexity index is 352. The predicted octanol–water partition coefficient (Wildman–Crippen LogP) is 1.99. The van der Waals surface area contributed by atoms with Crippen molar-refractivity contribution in [1.82, 2.24) is 0 Å². The minimum absolute atomic E-state index is 0.543. The van der Waals surface area contributed by atoms with E-state index < -0.39 is 0 Å². The van der Waals surface area contributed by atoms with Gasteiger partial charge in [0.15, 0.2) is 0 Å². The molecule has 0 aliphatic carbocycles. The fraction of sp³-hybridized carbons (Fsp3) is 0.364. The van der Waals surface area contributed by atoms with Gasteiger partial charge in [0, 0.05) is 25.0 Å². The summed E-state index contributed by atoms with van der Waals surface area (Å²) in [7, 11) is 2.01. The third-order valence-corrected chi connectivity index (χ3v) is 2.16. The van der Waals surface area contributed by atoms with Crippen molar-refractivity contribution in [2.24, 2.45) is 0 Å². The largest absolute Gasteiger partial charge is 0.398 e. The minimum Gasteiger partial charge on any atom is -0.398 e. The number of benzene rings is 1. The summed E-state index contributed by atoms with van der Waals surface area (Å²) in [5.41, 5.74) is 7.76. The Balaban J connectivity index is 2.95. The summed E-state index contributed by atoms with van der Waals surface area (Å²) in [4.78, 5) is 2.11. The maximum Gasteiger partial charge on any atom is 0.101 e. The summed E-state index contributed by atoms with van der Waals surface area (Å²) in [6, 6.07) is 7.62. The van der Waals surface area contributed by atoms with Crippen LogP contribution in [0.15, 0.2) is 18.2 Å². The van der Waals surface area contributed by atoms with Crippen molar-refractivity contribution < 1.29 is 0 Å². The maximum absolute atomic E-state index is 8.81. The van der Waals surface area contributed by atoms with Gasteiger partial charge in [0.25, 0.3) is 0 Å². The van der Waals surface area contributed by atoms with Crippen molar-refractivity contribution in [2.45, 2.75) is 13.3 Å². The molecule has 0 aliphatic heterocycles. The fourth-order valence-electron chi connectivity index (χ4n) is 1.34.